The van der Waals surface area contributed by atoms with Crippen molar-refractivity contribution in [1.29, 1.82) is 0 Å². The summed E-state index contributed by atoms with van der Waals surface area (Å²) < 4.78 is 30.9. The Labute approximate surface area is 121 Å². The third-order valence-electron chi connectivity index (χ3n) is 2.24. The van der Waals surface area contributed by atoms with Gasteiger partial charge in [0.05, 0.1) is 25.0 Å². The Balaban J connectivity index is 2.66. The predicted octanol–water partition coefficient (Wildman–Crippen LogP) is -0.441. The second-order valence-corrected chi connectivity index (χ2v) is 5.87. The Hall–Kier alpha value is -1.29. The lowest BCUT2D eigenvalue weighted by Crippen LogP contribution is -2.45. The minimum Gasteiger partial charge on any atom is -0.383 e. The fourth-order valence-corrected chi connectivity index (χ4v) is 2.41. The minimum absolute atomic E-state index is 0.0608. The second kappa shape index (κ2) is 7.48. The Bertz CT molecular complexity index is 549. The van der Waals surface area contributed by atoms with Gasteiger partial charge in [-0.3, -0.25) is 4.79 Å². The SMILES string of the molecule is COCCNC(=O)C(C)NS(=O)(=O)c1cnc(Cl)nc1. The second-order valence-electron chi connectivity index (χ2n) is 3.81. The Morgan fingerprint density at radius 3 is 2.60 bits per heavy atom. The zero-order valence-electron chi connectivity index (χ0n) is 11.0. The van der Waals surface area contributed by atoms with Gasteiger partial charge in [-0.25, -0.2) is 18.4 Å². The number of rotatable bonds is 7. The third kappa shape index (κ3) is 5.00. The Morgan fingerprint density at radius 1 is 1.45 bits per heavy atom. The first kappa shape index (κ1) is 16.8. The standard InChI is InChI=1S/C10H15ClN4O4S/c1-7(9(16)12-3-4-19-2)15-20(17,18)8-5-13-10(11)14-6-8/h5-7,15H,3-4H2,1-2H3,(H,12,16). The maximum atomic E-state index is 11.9. The first-order valence-electron chi connectivity index (χ1n) is 5.63. The van der Waals surface area contributed by atoms with Crippen LogP contribution in [0, 0.1) is 0 Å². The molecule has 0 radical (unpaired) electrons. The molecule has 1 atom stereocenters. The van der Waals surface area contributed by atoms with E-state index in [9.17, 15) is 13.2 Å². The summed E-state index contributed by atoms with van der Waals surface area (Å²) in [6.07, 6.45) is 2.13. The number of sulfonamides is 1. The number of hydrogen-bond acceptors (Lipinski definition) is 6. The zero-order valence-corrected chi connectivity index (χ0v) is 12.5. The molecular formula is C10H15ClN4O4S. The lowest BCUT2D eigenvalue weighted by molar-refractivity contribution is -0.122. The summed E-state index contributed by atoms with van der Waals surface area (Å²) in [5.74, 6) is -0.458. The van der Waals surface area contributed by atoms with E-state index in [-0.39, 0.29) is 10.2 Å². The highest BCUT2D eigenvalue weighted by molar-refractivity contribution is 7.89. The molecule has 2 N–H and O–H groups in total. The molecule has 0 spiro atoms. The summed E-state index contributed by atoms with van der Waals surface area (Å²) in [7, 11) is -2.38. The lowest BCUT2D eigenvalue weighted by Gasteiger charge is -2.14. The van der Waals surface area contributed by atoms with Crippen molar-refractivity contribution in [3.8, 4) is 0 Å². The molecule has 8 nitrogen and oxygen atoms in total. The molecule has 0 aliphatic rings. The maximum Gasteiger partial charge on any atom is 0.244 e. The van der Waals surface area contributed by atoms with Gasteiger partial charge in [-0.2, -0.15) is 4.72 Å². The number of carbonyl (C=O) groups excluding carboxylic acids is 1. The van der Waals surface area contributed by atoms with Crippen LogP contribution in [-0.4, -0.2) is 50.6 Å². The molecule has 1 aromatic rings. The number of nitrogens with zero attached hydrogens (tertiary/aromatic N) is 2. The number of methoxy groups -OCH3 is 1. The van der Waals surface area contributed by atoms with E-state index in [2.05, 4.69) is 20.0 Å². The molecule has 0 saturated heterocycles. The zero-order chi connectivity index (χ0) is 15.2. The van der Waals surface area contributed by atoms with Crippen LogP contribution in [0.5, 0.6) is 0 Å². The molecule has 1 unspecified atom stereocenters. The van der Waals surface area contributed by atoms with Crippen LogP contribution in [0.1, 0.15) is 6.92 Å². The van der Waals surface area contributed by atoms with E-state index in [1.165, 1.54) is 14.0 Å². The highest BCUT2D eigenvalue weighted by Gasteiger charge is 2.22. The molecule has 0 aliphatic heterocycles. The largest absolute Gasteiger partial charge is 0.383 e. The Kier molecular flexibility index (Phi) is 6.27. The van der Waals surface area contributed by atoms with Gasteiger partial charge >= 0.3 is 0 Å². The average Bonchev–Trinajstić information content (AvgIpc) is 2.38. The van der Waals surface area contributed by atoms with E-state index in [4.69, 9.17) is 16.3 Å². The van der Waals surface area contributed by atoms with E-state index in [1.54, 1.807) is 0 Å². The van der Waals surface area contributed by atoms with Crippen molar-refractivity contribution in [3.05, 3.63) is 17.7 Å². The summed E-state index contributed by atoms with van der Waals surface area (Å²) in [4.78, 5) is 18.6. The molecular weight excluding hydrogens is 308 g/mol. The summed E-state index contributed by atoms with van der Waals surface area (Å²) >= 11 is 5.48. The lowest BCUT2D eigenvalue weighted by atomic mass is 10.3. The molecule has 1 rings (SSSR count). The van der Waals surface area contributed by atoms with Gasteiger partial charge in [0.1, 0.15) is 4.90 Å². The quantitative estimate of drug-likeness (QED) is 0.520. The highest BCUT2D eigenvalue weighted by Crippen LogP contribution is 2.08. The van der Waals surface area contributed by atoms with Gasteiger partial charge in [0.2, 0.25) is 21.2 Å². The molecule has 20 heavy (non-hydrogen) atoms. The normalized spacial score (nSPS) is 12.9. The molecule has 112 valence electrons. The predicted molar refractivity (Wildman–Crippen MR) is 71.7 cm³/mol. The van der Waals surface area contributed by atoms with Crippen molar-refractivity contribution in [3.63, 3.8) is 0 Å². The van der Waals surface area contributed by atoms with Gasteiger partial charge < -0.3 is 10.1 Å². The maximum absolute atomic E-state index is 11.9. The van der Waals surface area contributed by atoms with Gasteiger partial charge in [0.25, 0.3) is 0 Å². The first-order valence-corrected chi connectivity index (χ1v) is 7.49. The topological polar surface area (TPSA) is 110 Å². The summed E-state index contributed by atoms with van der Waals surface area (Å²) in [6.45, 7) is 2.07. The number of ether oxygens (including phenoxy) is 1. The van der Waals surface area contributed by atoms with Crippen LogP contribution in [-0.2, 0) is 19.6 Å². The van der Waals surface area contributed by atoms with Crippen LogP contribution < -0.4 is 10.0 Å². The summed E-state index contributed by atoms with van der Waals surface area (Å²) in [6, 6.07) is -0.937. The van der Waals surface area contributed by atoms with Crippen LogP contribution >= 0.6 is 11.6 Å². The fourth-order valence-electron chi connectivity index (χ4n) is 1.22. The van der Waals surface area contributed by atoms with E-state index in [0.29, 0.717) is 13.2 Å². The van der Waals surface area contributed by atoms with Crippen molar-refractivity contribution < 1.29 is 17.9 Å². The van der Waals surface area contributed by atoms with E-state index >= 15 is 0 Å². The van der Waals surface area contributed by atoms with Gasteiger partial charge in [-0.15, -0.1) is 0 Å². The van der Waals surface area contributed by atoms with Crippen molar-refractivity contribution >= 4 is 27.5 Å². The van der Waals surface area contributed by atoms with Crippen molar-refractivity contribution in [2.45, 2.75) is 17.9 Å². The molecule has 0 saturated carbocycles. The number of carbonyl (C=O) groups is 1. The molecule has 1 aromatic heterocycles. The smallest absolute Gasteiger partial charge is 0.244 e. The molecule has 1 heterocycles. The third-order valence-corrected chi connectivity index (χ3v) is 3.93. The average molecular weight is 323 g/mol. The number of halogens is 1. The van der Waals surface area contributed by atoms with Crippen molar-refractivity contribution in [2.75, 3.05) is 20.3 Å². The van der Waals surface area contributed by atoms with Gasteiger partial charge in [-0.05, 0) is 18.5 Å². The number of aromatic nitrogens is 2. The van der Waals surface area contributed by atoms with E-state index < -0.39 is 22.0 Å². The molecule has 0 aliphatic carbocycles. The van der Waals surface area contributed by atoms with Crippen LogP contribution in [0.2, 0.25) is 5.28 Å². The fraction of sp³-hybridized carbons (Fsp3) is 0.500. The molecule has 10 heteroatoms. The van der Waals surface area contributed by atoms with E-state index in [0.717, 1.165) is 12.4 Å². The minimum atomic E-state index is -3.88. The summed E-state index contributed by atoms with van der Waals surface area (Å²) in [5.41, 5.74) is 0. The highest BCUT2D eigenvalue weighted by atomic mass is 35.5. The van der Waals surface area contributed by atoms with Crippen LogP contribution in [0.15, 0.2) is 17.3 Å². The van der Waals surface area contributed by atoms with Crippen molar-refractivity contribution in [1.82, 2.24) is 20.0 Å². The molecule has 0 bridgehead atoms. The van der Waals surface area contributed by atoms with Gasteiger partial charge in [-0.1, -0.05) is 0 Å². The number of amides is 1. The van der Waals surface area contributed by atoms with Crippen molar-refractivity contribution in [2.24, 2.45) is 0 Å². The summed E-state index contributed by atoms with van der Waals surface area (Å²) in [5, 5.41) is 2.46. The van der Waals surface area contributed by atoms with Crippen LogP contribution in [0.3, 0.4) is 0 Å². The van der Waals surface area contributed by atoms with Gasteiger partial charge in [0, 0.05) is 13.7 Å². The molecule has 0 fully saturated rings. The van der Waals surface area contributed by atoms with Crippen LogP contribution in [0.4, 0.5) is 0 Å². The molecule has 1 amide bonds. The number of nitrogens with one attached hydrogen (secondary N) is 2. The Morgan fingerprint density at radius 2 is 2.05 bits per heavy atom. The number of hydrogen-bond donors (Lipinski definition) is 2. The first-order chi connectivity index (χ1) is 9.36. The van der Waals surface area contributed by atoms with E-state index in [1.807, 2.05) is 0 Å². The van der Waals surface area contributed by atoms with Gasteiger partial charge in [0.15, 0.2) is 0 Å². The monoisotopic (exact) mass is 322 g/mol. The van der Waals surface area contributed by atoms with Crippen LogP contribution in [0.25, 0.3) is 0 Å². The molecule has 0 aromatic carbocycles.